The quantitative estimate of drug-likeness (QED) is 0.635. The molecule has 19 heavy (non-hydrogen) atoms. The number of carbonyl (C=O) groups is 1. The van der Waals surface area contributed by atoms with Gasteiger partial charge in [-0.1, -0.05) is 0 Å². The molecule has 2 unspecified atom stereocenters. The fraction of sp³-hybridized carbons (Fsp3) is 0.500. The molecule has 1 aliphatic rings. The van der Waals surface area contributed by atoms with E-state index in [9.17, 15) is 9.90 Å². The highest BCUT2D eigenvalue weighted by molar-refractivity contribution is 5.97. The molecule has 1 aromatic carbocycles. The van der Waals surface area contributed by atoms with Gasteiger partial charge >= 0.3 is 5.97 Å². The Hall–Kier alpha value is -1.75. The van der Waals surface area contributed by atoms with Gasteiger partial charge in [-0.2, -0.15) is 0 Å². The molecular formula is C14H20N2O3. The van der Waals surface area contributed by atoms with Crippen LogP contribution in [-0.2, 0) is 4.74 Å². The highest BCUT2D eigenvalue weighted by Gasteiger charge is 2.28. The van der Waals surface area contributed by atoms with E-state index in [1.807, 2.05) is 6.07 Å². The smallest absolute Gasteiger partial charge is 0.340 e. The van der Waals surface area contributed by atoms with E-state index in [1.165, 1.54) is 7.11 Å². The first kappa shape index (κ1) is 13.7. The Labute approximate surface area is 113 Å². The van der Waals surface area contributed by atoms with E-state index in [4.69, 9.17) is 10.5 Å². The molecule has 0 bridgehead atoms. The maximum Gasteiger partial charge on any atom is 0.340 e. The topological polar surface area (TPSA) is 75.8 Å². The molecule has 3 N–H and O–H groups in total. The summed E-state index contributed by atoms with van der Waals surface area (Å²) in [5.74, 6) is -0.147. The number of hydrogen-bond acceptors (Lipinski definition) is 5. The SMILES string of the molecule is COC(=O)c1cc(N)ccc1N1CCC(C(C)O)C1. The van der Waals surface area contributed by atoms with Crippen LogP contribution in [0.4, 0.5) is 11.4 Å². The summed E-state index contributed by atoms with van der Waals surface area (Å²) in [6.07, 6.45) is 0.586. The third-order valence-corrected chi connectivity index (χ3v) is 3.67. The predicted octanol–water partition coefficient (Wildman–Crippen LogP) is 1.26. The molecule has 0 saturated carbocycles. The second kappa shape index (κ2) is 5.48. The van der Waals surface area contributed by atoms with Crippen LogP contribution in [0.3, 0.4) is 0 Å². The summed E-state index contributed by atoms with van der Waals surface area (Å²) in [5, 5.41) is 9.65. The summed E-state index contributed by atoms with van der Waals surface area (Å²) in [7, 11) is 1.36. The lowest BCUT2D eigenvalue weighted by molar-refractivity contribution is 0.0601. The van der Waals surface area contributed by atoms with E-state index in [0.717, 1.165) is 25.2 Å². The van der Waals surface area contributed by atoms with Crippen molar-refractivity contribution in [2.45, 2.75) is 19.4 Å². The maximum atomic E-state index is 11.8. The lowest BCUT2D eigenvalue weighted by atomic mass is 10.0. The van der Waals surface area contributed by atoms with Crippen LogP contribution >= 0.6 is 0 Å². The van der Waals surface area contributed by atoms with Crippen LogP contribution in [0.25, 0.3) is 0 Å². The molecule has 5 heteroatoms. The summed E-state index contributed by atoms with van der Waals surface area (Å²) < 4.78 is 4.80. The number of methoxy groups -OCH3 is 1. The van der Waals surface area contributed by atoms with E-state index >= 15 is 0 Å². The Morgan fingerprint density at radius 1 is 1.58 bits per heavy atom. The number of rotatable bonds is 3. The molecule has 2 rings (SSSR count). The first-order chi connectivity index (χ1) is 9.02. The fourth-order valence-electron chi connectivity index (χ4n) is 2.50. The van der Waals surface area contributed by atoms with Crippen molar-refractivity contribution in [2.75, 3.05) is 30.8 Å². The van der Waals surface area contributed by atoms with Gasteiger partial charge in [-0.05, 0) is 31.5 Å². The third-order valence-electron chi connectivity index (χ3n) is 3.67. The largest absolute Gasteiger partial charge is 0.465 e. The number of ether oxygens (including phenoxy) is 1. The van der Waals surface area contributed by atoms with E-state index in [2.05, 4.69) is 4.90 Å². The molecule has 104 valence electrons. The van der Waals surface area contributed by atoms with Gasteiger partial charge < -0.3 is 20.5 Å². The number of anilines is 2. The Morgan fingerprint density at radius 3 is 2.89 bits per heavy atom. The molecular weight excluding hydrogens is 244 g/mol. The Balaban J connectivity index is 2.28. The van der Waals surface area contributed by atoms with Crippen molar-refractivity contribution in [1.29, 1.82) is 0 Å². The van der Waals surface area contributed by atoms with Gasteiger partial charge in [-0.3, -0.25) is 0 Å². The second-order valence-corrected chi connectivity index (χ2v) is 5.00. The van der Waals surface area contributed by atoms with Crippen LogP contribution in [0.2, 0.25) is 0 Å². The monoisotopic (exact) mass is 264 g/mol. The summed E-state index contributed by atoms with van der Waals surface area (Å²) in [6, 6.07) is 5.25. The van der Waals surface area contributed by atoms with Crippen LogP contribution in [0.5, 0.6) is 0 Å². The number of nitrogens with two attached hydrogens (primary N) is 1. The molecule has 0 aromatic heterocycles. The second-order valence-electron chi connectivity index (χ2n) is 5.00. The lowest BCUT2D eigenvalue weighted by Crippen LogP contribution is -2.25. The minimum atomic E-state index is -0.386. The van der Waals surface area contributed by atoms with E-state index in [0.29, 0.717) is 11.3 Å². The normalized spacial score (nSPS) is 20.4. The molecule has 1 aromatic rings. The minimum Gasteiger partial charge on any atom is -0.465 e. The zero-order valence-electron chi connectivity index (χ0n) is 11.3. The van der Waals surface area contributed by atoms with Crippen LogP contribution < -0.4 is 10.6 Å². The maximum absolute atomic E-state index is 11.8. The highest BCUT2D eigenvalue weighted by Crippen LogP contribution is 2.30. The number of esters is 1. The summed E-state index contributed by atoms with van der Waals surface area (Å²) in [5.41, 5.74) is 7.57. The number of aliphatic hydroxyl groups excluding tert-OH is 1. The Morgan fingerprint density at radius 2 is 2.32 bits per heavy atom. The van der Waals surface area contributed by atoms with E-state index in [-0.39, 0.29) is 18.0 Å². The molecule has 5 nitrogen and oxygen atoms in total. The summed E-state index contributed by atoms with van der Waals surface area (Å²) >= 11 is 0. The van der Waals surface area contributed by atoms with Crippen molar-refractivity contribution in [3.8, 4) is 0 Å². The Bertz CT molecular complexity index is 474. The third kappa shape index (κ3) is 2.81. The molecule has 1 heterocycles. The zero-order chi connectivity index (χ0) is 14.0. The van der Waals surface area contributed by atoms with E-state index < -0.39 is 0 Å². The van der Waals surface area contributed by atoms with Crippen molar-refractivity contribution in [1.82, 2.24) is 0 Å². The fourth-order valence-corrected chi connectivity index (χ4v) is 2.50. The molecule has 0 spiro atoms. The molecule has 1 aliphatic heterocycles. The minimum absolute atomic E-state index is 0.239. The number of benzene rings is 1. The first-order valence-electron chi connectivity index (χ1n) is 6.43. The van der Waals surface area contributed by atoms with Crippen molar-refractivity contribution >= 4 is 17.3 Å². The number of nitrogen functional groups attached to an aromatic ring is 1. The van der Waals surface area contributed by atoms with Crippen molar-refractivity contribution in [2.24, 2.45) is 5.92 Å². The average molecular weight is 264 g/mol. The van der Waals surface area contributed by atoms with Gasteiger partial charge in [0.2, 0.25) is 0 Å². The predicted molar refractivity (Wildman–Crippen MR) is 74.2 cm³/mol. The lowest BCUT2D eigenvalue weighted by Gasteiger charge is -2.22. The van der Waals surface area contributed by atoms with Gasteiger partial charge in [-0.15, -0.1) is 0 Å². The van der Waals surface area contributed by atoms with Crippen molar-refractivity contribution in [3.05, 3.63) is 23.8 Å². The zero-order valence-corrected chi connectivity index (χ0v) is 11.3. The molecule has 1 fully saturated rings. The van der Waals surface area contributed by atoms with Crippen LogP contribution in [-0.4, -0.2) is 37.4 Å². The van der Waals surface area contributed by atoms with Gasteiger partial charge in [-0.25, -0.2) is 4.79 Å². The average Bonchev–Trinajstić information content (AvgIpc) is 2.87. The highest BCUT2D eigenvalue weighted by atomic mass is 16.5. The van der Waals surface area contributed by atoms with Gasteiger partial charge in [0.25, 0.3) is 0 Å². The molecule has 1 saturated heterocycles. The molecule has 0 aliphatic carbocycles. The Kier molecular flexibility index (Phi) is 3.95. The molecule has 0 radical (unpaired) electrons. The van der Waals surface area contributed by atoms with E-state index in [1.54, 1.807) is 19.1 Å². The summed E-state index contributed by atoms with van der Waals surface area (Å²) in [6.45, 7) is 3.37. The number of hydrogen-bond donors (Lipinski definition) is 2. The van der Waals surface area contributed by atoms with Gasteiger partial charge in [0, 0.05) is 24.7 Å². The number of carbonyl (C=O) groups excluding carboxylic acids is 1. The van der Waals surface area contributed by atoms with Gasteiger partial charge in [0.15, 0.2) is 0 Å². The van der Waals surface area contributed by atoms with Crippen molar-refractivity contribution < 1.29 is 14.6 Å². The van der Waals surface area contributed by atoms with Crippen LogP contribution in [0.1, 0.15) is 23.7 Å². The van der Waals surface area contributed by atoms with Crippen LogP contribution in [0, 0.1) is 5.92 Å². The first-order valence-corrected chi connectivity index (χ1v) is 6.43. The van der Waals surface area contributed by atoms with Gasteiger partial charge in [0.1, 0.15) is 0 Å². The molecule has 2 atom stereocenters. The van der Waals surface area contributed by atoms with Gasteiger partial charge in [0.05, 0.1) is 24.5 Å². The number of nitrogens with zero attached hydrogens (tertiary/aromatic N) is 1. The molecule has 0 amide bonds. The summed E-state index contributed by atoms with van der Waals surface area (Å²) in [4.78, 5) is 13.9. The standard InChI is InChI=1S/C14H20N2O3/c1-9(17)10-5-6-16(8-10)13-4-3-11(15)7-12(13)14(18)19-2/h3-4,7,9-10,17H,5-6,8,15H2,1-2H3. The number of aliphatic hydroxyl groups is 1. The van der Waals surface area contributed by atoms with Crippen molar-refractivity contribution in [3.63, 3.8) is 0 Å². The van der Waals surface area contributed by atoms with Crippen LogP contribution in [0.15, 0.2) is 18.2 Å².